The molecule has 0 fully saturated rings. The second-order valence-corrected chi connectivity index (χ2v) is 3.84. The van der Waals surface area contributed by atoms with Crippen LogP contribution in [0.25, 0.3) is 0 Å². The Balaban J connectivity index is 4.29. The molecule has 0 saturated heterocycles. The van der Waals surface area contributed by atoms with Gasteiger partial charge in [0.15, 0.2) is 0 Å². The summed E-state index contributed by atoms with van der Waals surface area (Å²) in [4.78, 5) is 22.8. The second kappa shape index (κ2) is 10.2. The first-order chi connectivity index (χ1) is 9.04. The highest BCUT2D eigenvalue weighted by atomic mass is 16.5. The number of rotatable bonds is 8. The van der Waals surface area contributed by atoms with Crippen LogP contribution >= 0.6 is 0 Å². The molecule has 0 bridgehead atoms. The summed E-state index contributed by atoms with van der Waals surface area (Å²) in [7, 11) is 1.23. The maximum Gasteiger partial charge on any atom is 0.407 e. The Kier molecular flexibility index (Phi) is 9.27. The van der Waals surface area contributed by atoms with Gasteiger partial charge in [0.05, 0.1) is 19.8 Å². The van der Waals surface area contributed by atoms with E-state index in [1.807, 2.05) is 6.92 Å². The van der Waals surface area contributed by atoms with Crippen LogP contribution in [0.5, 0.6) is 0 Å². The number of carbonyl (C=O) groups excluding carboxylic acids is 2. The smallest absolute Gasteiger partial charge is 0.407 e. The standard InChI is InChI=1S/C13H21NO5/c1-5-9-19-10(3)7-8-11(12(15)18-6-2)14-13(16)17-4/h1,10-11H,6-9H2,2-4H3,(H,14,16)/t10-,11-/m0/s1. The Hall–Kier alpha value is -1.74. The number of carbonyl (C=O) groups is 2. The predicted molar refractivity (Wildman–Crippen MR) is 69.4 cm³/mol. The third kappa shape index (κ3) is 8.06. The molecule has 1 N–H and O–H groups in total. The van der Waals surface area contributed by atoms with Crippen molar-refractivity contribution in [2.75, 3.05) is 20.3 Å². The average Bonchev–Trinajstić information content (AvgIpc) is 2.40. The molecule has 0 saturated carbocycles. The van der Waals surface area contributed by atoms with Crippen LogP contribution in [-0.4, -0.2) is 44.5 Å². The lowest BCUT2D eigenvalue weighted by Crippen LogP contribution is -2.42. The topological polar surface area (TPSA) is 73.9 Å². The molecule has 0 rings (SSSR count). The molecule has 0 aliphatic carbocycles. The number of esters is 1. The summed E-state index contributed by atoms with van der Waals surface area (Å²) in [6.45, 7) is 4.01. The maximum absolute atomic E-state index is 11.7. The van der Waals surface area contributed by atoms with Crippen molar-refractivity contribution >= 4 is 12.1 Å². The SMILES string of the molecule is C#CCO[C@@H](C)CC[C@H](NC(=O)OC)C(=O)OCC. The molecule has 19 heavy (non-hydrogen) atoms. The summed E-state index contributed by atoms with van der Waals surface area (Å²) in [5, 5.41) is 2.43. The van der Waals surface area contributed by atoms with E-state index in [-0.39, 0.29) is 19.3 Å². The number of ether oxygens (including phenoxy) is 3. The van der Waals surface area contributed by atoms with Gasteiger partial charge >= 0.3 is 12.1 Å². The summed E-state index contributed by atoms with van der Waals surface area (Å²) in [5.74, 6) is 1.88. The van der Waals surface area contributed by atoms with Crippen molar-refractivity contribution in [3.63, 3.8) is 0 Å². The van der Waals surface area contributed by atoms with Crippen LogP contribution in [0.1, 0.15) is 26.7 Å². The Morgan fingerprint density at radius 2 is 2.05 bits per heavy atom. The lowest BCUT2D eigenvalue weighted by Gasteiger charge is -2.18. The second-order valence-electron chi connectivity index (χ2n) is 3.84. The minimum Gasteiger partial charge on any atom is -0.464 e. The number of alkyl carbamates (subject to hydrolysis) is 1. The third-order valence-electron chi connectivity index (χ3n) is 2.36. The molecule has 0 aliphatic heterocycles. The summed E-state index contributed by atoms with van der Waals surface area (Å²) < 4.78 is 14.6. The third-order valence-corrected chi connectivity index (χ3v) is 2.36. The van der Waals surface area contributed by atoms with Crippen LogP contribution in [0, 0.1) is 12.3 Å². The Morgan fingerprint density at radius 3 is 2.58 bits per heavy atom. The van der Waals surface area contributed by atoms with E-state index in [0.717, 1.165) is 0 Å². The molecule has 6 heteroatoms. The zero-order valence-electron chi connectivity index (χ0n) is 11.6. The van der Waals surface area contributed by atoms with Crippen molar-refractivity contribution in [1.29, 1.82) is 0 Å². The number of terminal acetylenes is 1. The molecule has 0 radical (unpaired) electrons. The monoisotopic (exact) mass is 271 g/mol. The van der Waals surface area contributed by atoms with E-state index in [2.05, 4.69) is 16.0 Å². The number of hydrogen-bond acceptors (Lipinski definition) is 5. The Bertz CT molecular complexity index is 323. The molecular weight excluding hydrogens is 250 g/mol. The van der Waals surface area contributed by atoms with E-state index in [0.29, 0.717) is 12.8 Å². The molecule has 108 valence electrons. The molecule has 0 unspecified atom stereocenters. The molecule has 2 atom stereocenters. The fraction of sp³-hybridized carbons (Fsp3) is 0.692. The number of nitrogens with one attached hydrogen (secondary N) is 1. The highest BCUT2D eigenvalue weighted by molar-refractivity contribution is 5.81. The van der Waals surface area contributed by atoms with Crippen molar-refractivity contribution in [3.05, 3.63) is 0 Å². The highest BCUT2D eigenvalue weighted by Crippen LogP contribution is 2.07. The first-order valence-corrected chi connectivity index (χ1v) is 6.11. The first-order valence-electron chi connectivity index (χ1n) is 6.11. The van der Waals surface area contributed by atoms with Gasteiger partial charge < -0.3 is 19.5 Å². The fourth-order valence-electron chi connectivity index (χ4n) is 1.37. The van der Waals surface area contributed by atoms with Gasteiger partial charge in [-0.25, -0.2) is 9.59 Å². The van der Waals surface area contributed by atoms with Gasteiger partial charge in [0, 0.05) is 0 Å². The van der Waals surface area contributed by atoms with E-state index in [1.165, 1.54) is 7.11 Å². The van der Waals surface area contributed by atoms with Gasteiger partial charge in [-0.05, 0) is 26.7 Å². The van der Waals surface area contributed by atoms with Crippen molar-refractivity contribution in [3.8, 4) is 12.3 Å². The summed E-state index contributed by atoms with van der Waals surface area (Å²) in [5.41, 5.74) is 0. The lowest BCUT2D eigenvalue weighted by atomic mass is 10.1. The van der Waals surface area contributed by atoms with Crippen molar-refractivity contribution in [2.45, 2.75) is 38.8 Å². The van der Waals surface area contributed by atoms with E-state index in [4.69, 9.17) is 15.9 Å². The van der Waals surface area contributed by atoms with Crippen molar-refractivity contribution in [2.24, 2.45) is 0 Å². The molecule has 6 nitrogen and oxygen atoms in total. The average molecular weight is 271 g/mol. The van der Waals surface area contributed by atoms with Gasteiger partial charge in [-0.2, -0.15) is 0 Å². The minimum absolute atomic E-state index is 0.104. The largest absolute Gasteiger partial charge is 0.464 e. The molecule has 0 heterocycles. The van der Waals surface area contributed by atoms with E-state index in [1.54, 1.807) is 6.92 Å². The molecule has 1 amide bonds. The highest BCUT2D eigenvalue weighted by Gasteiger charge is 2.23. The summed E-state index contributed by atoms with van der Waals surface area (Å²) >= 11 is 0. The Morgan fingerprint density at radius 1 is 1.37 bits per heavy atom. The van der Waals surface area contributed by atoms with Crippen LogP contribution in [0.4, 0.5) is 4.79 Å². The maximum atomic E-state index is 11.7. The normalized spacial score (nSPS) is 12.9. The van der Waals surface area contributed by atoms with Crippen LogP contribution in [-0.2, 0) is 19.0 Å². The van der Waals surface area contributed by atoms with Crippen LogP contribution < -0.4 is 5.32 Å². The van der Waals surface area contributed by atoms with Gasteiger partial charge in [-0.3, -0.25) is 0 Å². The predicted octanol–water partition coefficient (Wildman–Crippen LogP) is 1.09. The van der Waals surface area contributed by atoms with Crippen LogP contribution in [0.2, 0.25) is 0 Å². The van der Waals surface area contributed by atoms with Crippen molar-refractivity contribution < 1.29 is 23.8 Å². The van der Waals surface area contributed by atoms with Gasteiger partial charge in [0.1, 0.15) is 12.6 Å². The lowest BCUT2D eigenvalue weighted by molar-refractivity contribution is -0.145. The quantitative estimate of drug-likeness (QED) is 0.528. The Labute approximate surface area is 113 Å². The molecule has 0 aromatic carbocycles. The van der Waals surface area contributed by atoms with Crippen molar-refractivity contribution in [1.82, 2.24) is 5.32 Å². The molecule has 0 aliphatic rings. The van der Waals surface area contributed by atoms with E-state index >= 15 is 0 Å². The van der Waals surface area contributed by atoms with Gasteiger partial charge in [-0.1, -0.05) is 5.92 Å². The number of hydrogen-bond donors (Lipinski definition) is 1. The van der Waals surface area contributed by atoms with E-state index < -0.39 is 18.1 Å². The summed E-state index contributed by atoms with van der Waals surface area (Å²) in [6.07, 6.45) is 5.26. The van der Waals surface area contributed by atoms with E-state index in [9.17, 15) is 9.59 Å². The van der Waals surface area contributed by atoms with Gasteiger partial charge in [-0.15, -0.1) is 6.42 Å². The molecule has 0 spiro atoms. The molecular formula is C13H21NO5. The zero-order valence-corrected chi connectivity index (χ0v) is 11.6. The fourth-order valence-corrected chi connectivity index (χ4v) is 1.37. The van der Waals surface area contributed by atoms with Crippen LogP contribution in [0.15, 0.2) is 0 Å². The minimum atomic E-state index is -0.746. The summed E-state index contributed by atoms with van der Waals surface area (Å²) in [6, 6.07) is -0.746. The first kappa shape index (κ1) is 17.3. The van der Waals surface area contributed by atoms with Crippen LogP contribution in [0.3, 0.4) is 0 Å². The molecule has 0 aromatic heterocycles. The van der Waals surface area contributed by atoms with Gasteiger partial charge in [0.2, 0.25) is 0 Å². The zero-order chi connectivity index (χ0) is 14.7. The number of methoxy groups -OCH3 is 1. The van der Waals surface area contributed by atoms with Gasteiger partial charge in [0.25, 0.3) is 0 Å². The number of amides is 1. The molecule has 0 aromatic rings.